The van der Waals surface area contributed by atoms with Gasteiger partial charge >= 0.3 is 6.18 Å². The van der Waals surface area contributed by atoms with Crippen LogP contribution in [0.15, 0.2) is 48.5 Å². The van der Waals surface area contributed by atoms with Gasteiger partial charge in [-0.2, -0.15) is 13.2 Å². The molecule has 25 heavy (non-hydrogen) atoms. The number of alkyl halides is 3. The molecule has 0 spiro atoms. The molecule has 140 valence electrons. The van der Waals surface area contributed by atoms with E-state index in [0.29, 0.717) is 0 Å². The summed E-state index contributed by atoms with van der Waals surface area (Å²) in [6, 6.07) is 12.9. The minimum Gasteiger partial charge on any atom is -0.166 e. The molecule has 2 aromatic rings. The summed E-state index contributed by atoms with van der Waals surface area (Å²) in [5.74, 6) is 0. The van der Waals surface area contributed by atoms with Gasteiger partial charge in [-0.25, -0.2) is 0 Å². The van der Waals surface area contributed by atoms with Crippen molar-refractivity contribution in [3.05, 3.63) is 59.7 Å². The average Bonchev–Trinajstić information content (AvgIpc) is 2.56. The number of hydrogen-bond donors (Lipinski definition) is 0. The first kappa shape index (κ1) is 23.7. The Morgan fingerprint density at radius 2 is 1.16 bits per heavy atom. The largest absolute Gasteiger partial charge is 0.416 e. The Morgan fingerprint density at radius 3 is 1.44 bits per heavy atom. The van der Waals surface area contributed by atoms with Crippen molar-refractivity contribution in [3.63, 3.8) is 0 Å². The van der Waals surface area contributed by atoms with Crippen molar-refractivity contribution in [1.82, 2.24) is 0 Å². The molecule has 0 saturated carbocycles. The molecule has 0 radical (unpaired) electrons. The van der Waals surface area contributed by atoms with Gasteiger partial charge in [0.1, 0.15) is 0 Å². The summed E-state index contributed by atoms with van der Waals surface area (Å²) < 4.78 is 37.1. The standard InChI is InChI=1S/C14H11F3.C4H11P.C3H8/c1-10-2-4-11(5-3-10)12-6-8-13(9-7-12)14(15,16)17;1-4(2)5-3;1-3-2/h2-9H,1H3;4-5H,1-3H3;3H2,1-2H3. The van der Waals surface area contributed by atoms with Gasteiger partial charge in [0.25, 0.3) is 0 Å². The maximum absolute atomic E-state index is 12.4. The average molecular weight is 370 g/mol. The van der Waals surface area contributed by atoms with Crippen LogP contribution in [0.4, 0.5) is 13.2 Å². The highest BCUT2D eigenvalue weighted by atomic mass is 31.1. The van der Waals surface area contributed by atoms with Crippen LogP contribution in [-0.4, -0.2) is 12.3 Å². The quantitative estimate of drug-likeness (QED) is 0.473. The van der Waals surface area contributed by atoms with Crippen LogP contribution >= 0.6 is 8.58 Å². The van der Waals surface area contributed by atoms with Gasteiger partial charge < -0.3 is 0 Å². The molecule has 0 aliphatic heterocycles. The van der Waals surface area contributed by atoms with Crippen LogP contribution < -0.4 is 0 Å². The third kappa shape index (κ3) is 10.3. The lowest BCUT2D eigenvalue weighted by Crippen LogP contribution is -2.03. The zero-order chi connectivity index (χ0) is 19.5. The Hall–Kier alpha value is -1.34. The summed E-state index contributed by atoms with van der Waals surface area (Å²) in [5, 5.41) is 0. The van der Waals surface area contributed by atoms with E-state index in [1.54, 1.807) is 0 Å². The van der Waals surface area contributed by atoms with Crippen molar-refractivity contribution in [2.75, 3.05) is 6.66 Å². The molecule has 0 N–H and O–H groups in total. The first-order valence-electron chi connectivity index (χ1n) is 8.57. The summed E-state index contributed by atoms with van der Waals surface area (Å²) in [6.07, 6.45) is -3.02. The second-order valence-corrected chi connectivity index (χ2v) is 7.82. The number of halogens is 3. The molecule has 0 saturated heterocycles. The highest BCUT2D eigenvalue weighted by molar-refractivity contribution is 7.37. The van der Waals surface area contributed by atoms with Gasteiger partial charge in [0, 0.05) is 0 Å². The fourth-order valence-electron chi connectivity index (χ4n) is 1.60. The maximum atomic E-state index is 12.4. The number of hydrogen-bond acceptors (Lipinski definition) is 0. The van der Waals surface area contributed by atoms with Crippen molar-refractivity contribution < 1.29 is 13.2 Å². The second-order valence-electron chi connectivity index (χ2n) is 6.09. The smallest absolute Gasteiger partial charge is 0.166 e. The van der Waals surface area contributed by atoms with Gasteiger partial charge in [0.05, 0.1) is 5.56 Å². The van der Waals surface area contributed by atoms with Crippen LogP contribution in [-0.2, 0) is 6.18 Å². The van der Waals surface area contributed by atoms with Crippen LogP contribution in [0.5, 0.6) is 0 Å². The summed E-state index contributed by atoms with van der Waals surface area (Å²) >= 11 is 0. The van der Waals surface area contributed by atoms with Crippen molar-refractivity contribution in [3.8, 4) is 11.1 Å². The molecular weight excluding hydrogens is 340 g/mol. The zero-order valence-electron chi connectivity index (χ0n) is 16.0. The minimum atomic E-state index is -4.27. The molecule has 0 bridgehead atoms. The molecule has 1 unspecified atom stereocenters. The second kappa shape index (κ2) is 12.1. The van der Waals surface area contributed by atoms with Gasteiger partial charge in [-0.3, -0.25) is 0 Å². The van der Waals surface area contributed by atoms with E-state index in [1.807, 2.05) is 31.2 Å². The number of rotatable bonds is 2. The first-order valence-corrected chi connectivity index (χ1v) is 10.1. The third-order valence-electron chi connectivity index (χ3n) is 3.17. The van der Waals surface area contributed by atoms with Gasteiger partial charge in [-0.1, -0.05) is 76.1 Å². The van der Waals surface area contributed by atoms with Crippen LogP contribution in [0.2, 0.25) is 0 Å². The molecule has 0 aromatic heterocycles. The van der Waals surface area contributed by atoms with Crippen molar-refractivity contribution in [2.24, 2.45) is 0 Å². The molecule has 2 aromatic carbocycles. The first-order chi connectivity index (χ1) is 11.6. The van der Waals surface area contributed by atoms with Crippen LogP contribution in [0.25, 0.3) is 11.1 Å². The molecule has 2 rings (SSSR count). The van der Waals surface area contributed by atoms with E-state index in [0.717, 1.165) is 43.1 Å². The van der Waals surface area contributed by atoms with E-state index < -0.39 is 11.7 Å². The van der Waals surface area contributed by atoms with Crippen LogP contribution in [0.1, 0.15) is 45.2 Å². The third-order valence-corrected chi connectivity index (χ3v) is 4.33. The van der Waals surface area contributed by atoms with E-state index in [1.165, 1.54) is 18.6 Å². The molecule has 0 heterocycles. The molecular formula is C21H30F3P. The summed E-state index contributed by atoms with van der Waals surface area (Å²) in [4.78, 5) is 0. The Balaban J connectivity index is 0.000000610. The van der Waals surface area contributed by atoms with Gasteiger partial charge in [0.15, 0.2) is 0 Å². The van der Waals surface area contributed by atoms with Gasteiger partial charge in [-0.05, 0) is 42.5 Å². The molecule has 4 heteroatoms. The minimum absolute atomic E-state index is 0.617. The Labute approximate surface area is 152 Å². The van der Waals surface area contributed by atoms with Crippen LogP contribution in [0.3, 0.4) is 0 Å². The van der Waals surface area contributed by atoms with E-state index in [9.17, 15) is 13.2 Å². The monoisotopic (exact) mass is 370 g/mol. The van der Waals surface area contributed by atoms with Gasteiger partial charge in [0.2, 0.25) is 0 Å². The van der Waals surface area contributed by atoms with E-state index >= 15 is 0 Å². The molecule has 0 aliphatic rings. The highest BCUT2D eigenvalue weighted by Crippen LogP contribution is 2.30. The molecule has 0 nitrogen and oxygen atoms in total. The molecule has 1 atom stereocenters. The normalized spacial score (nSPS) is 11.0. The molecule has 0 amide bonds. The van der Waals surface area contributed by atoms with Crippen molar-refractivity contribution >= 4 is 8.58 Å². The van der Waals surface area contributed by atoms with Crippen molar-refractivity contribution in [1.29, 1.82) is 0 Å². The molecule has 0 fully saturated rings. The highest BCUT2D eigenvalue weighted by Gasteiger charge is 2.29. The fraction of sp³-hybridized carbons (Fsp3) is 0.429. The maximum Gasteiger partial charge on any atom is 0.416 e. The Kier molecular flexibility index (Phi) is 11.4. The van der Waals surface area contributed by atoms with E-state index in [4.69, 9.17) is 0 Å². The predicted molar refractivity (Wildman–Crippen MR) is 107 cm³/mol. The lowest BCUT2D eigenvalue weighted by Gasteiger charge is -2.07. The predicted octanol–water partition coefficient (Wildman–Crippen LogP) is 7.80. The Bertz CT molecular complexity index is 570. The number of aryl methyl sites for hydroxylation is 1. The Morgan fingerprint density at radius 1 is 0.840 bits per heavy atom. The zero-order valence-corrected chi connectivity index (χ0v) is 17.0. The topological polar surface area (TPSA) is 0 Å². The molecule has 0 aliphatic carbocycles. The fourth-order valence-corrected chi connectivity index (χ4v) is 1.60. The lowest BCUT2D eigenvalue weighted by atomic mass is 10.0. The summed E-state index contributed by atoms with van der Waals surface area (Å²) in [7, 11) is 1.11. The van der Waals surface area contributed by atoms with Gasteiger partial charge in [-0.15, -0.1) is 8.58 Å². The SMILES string of the molecule is CCC.CPC(C)C.Cc1ccc(-c2ccc(C(F)(F)F)cc2)cc1. The van der Waals surface area contributed by atoms with Crippen molar-refractivity contribution in [2.45, 2.75) is 52.9 Å². The summed E-state index contributed by atoms with van der Waals surface area (Å²) in [6.45, 7) is 12.9. The number of benzene rings is 2. The summed E-state index contributed by atoms with van der Waals surface area (Å²) in [5.41, 5.74) is 3.13. The van der Waals surface area contributed by atoms with E-state index in [2.05, 4.69) is 34.4 Å². The lowest BCUT2D eigenvalue weighted by molar-refractivity contribution is -0.137. The van der Waals surface area contributed by atoms with E-state index in [-0.39, 0.29) is 0 Å². The van der Waals surface area contributed by atoms with Crippen LogP contribution in [0, 0.1) is 6.92 Å².